The fraction of sp³-hybridized carbons (Fsp3) is 0.435. The van der Waals surface area contributed by atoms with E-state index in [1.807, 2.05) is 30.4 Å². The lowest BCUT2D eigenvalue weighted by Crippen LogP contribution is -2.13. The van der Waals surface area contributed by atoms with Crippen molar-refractivity contribution in [1.29, 1.82) is 0 Å². The van der Waals surface area contributed by atoms with Crippen LogP contribution >= 0.6 is 0 Å². The van der Waals surface area contributed by atoms with Gasteiger partial charge in [-0.25, -0.2) is 0 Å². The summed E-state index contributed by atoms with van der Waals surface area (Å²) in [5.41, 5.74) is 2.12. The van der Waals surface area contributed by atoms with Crippen LogP contribution in [0.4, 0.5) is 0 Å². The average Bonchev–Trinajstić information content (AvgIpc) is 2.63. The molecule has 0 aromatic heterocycles. The van der Waals surface area contributed by atoms with E-state index in [4.69, 9.17) is 9.47 Å². The molecule has 0 radical (unpaired) electrons. The van der Waals surface area contributed by atoms with Crippen LogP contribution in [0.1, 0.15) is 63.7 Å². The fourth-order valence-corrected chi connectivity index (χ4v) is 3.31. The Labute approximate surface area is 156 Å². The zero-order valence-electron chi connectivity index (χ0n) is 16.0. The van der Waals surface area contributed by atoms with Crippen LogP contribution in [0.5, 0.6) is 5.75 Å². The van der Waals surface area contributed by atoms with E-state index in [-0.39, 0.29) is 12.1 Å². The number of unbranched alkanes of at least 4 members (excludes halogenated alkanes) is 2. The van der Waals surface area contributed by atoms with Crippen molar-refractivity contribution in [3.8, 4) is 5.75 Å². The van der Waals surface area contributed by atoms with E-state index < -0.39 is 0 Å². The summed E-state index contributed by atoms with van der Waals surface area (Å²) in [6.07, 6.45) is 7.22. The van der Waals surface area contributed by atoms with Crippen LogP contribution in [0.25, 0.3) is 16.8 Å². The van der Waals surface area contributed by atoms with E-state index in [9.17, 15) is 4.79 Å². The van der Waals surface area contributed by atoms with E-state index in [1.165, 1.54) is 0 Å². The molecule has 1 aliphatic rings. The molecule has 1 unspecified atom stereocenters. The van der Waals surface area contributed by atoms with Crippen molar-refractivity contribution in [2.45, 2.75) is 52.6 Å². The quantitative estimate of drug-likeness (QED) is 0.427. The Bertz CT molecular complexity index is 804. The molecule has 1 atom stereocenters. The van der Waals surface area contributed by atoms with Gasteiger partial charge in [0.25, 0.3) is 0 Å². The Kier molecular flexibility index (Phi) is 5.97. The van der Waals surface area contributed by atoms with Gasteiger partial charge in [-0.05, 0) is 35.3 Å². The number of esters is 1. The van der Waals surface area contributed by atoms with Gasteiger partial charge in [-0.15, -0.1) is 0 Å². The second-order valence-corrected chi connectivity index (χ2v) is 7.35. The monoisotopic (exact) mass is 352 g/mol. The Morgan fingerprint density at radius 2 is 2.00 bits per heavy atom. The molecule has 0 heterocycles. The van der Waals surface area contributed by atoms with Gasteiger partial charge in [-0.1, -0.05) is 64.0 Å². The summed E-state index contributed by atoms with van der Waals surface area (Å²) in [7, 11) is 0. The zero-order chi connectivity index (χ0) is 18.5. The minimum absolute atomic E-state index is 0.124. The first kappa shape index (κ1) is 18.5. The summed E-state index contributed by atoms with van der Waals surface area (Å²) in [5, 5.41) is 2.27. The molecule has 138 valence electrons. The molecule has 0 bridgehead atoms. The minimum atomic E-state index is -0.319. The van der Waals surface area contributed by atoms with Gasteiger partial charge in [0.2, 0.25) is 0 Å². The predicted molar refractivity (Wildman–Crippen MR) is 106 cm³/mol. The Hall–Kier alpha value is -2.29. The Morgan fingerprint density at radius 3 is 2.77 bits per heavy atom. The van der Waals surface area contributed by atoms with Gasteiger partial charge in [-0.2, -0.15) is 0 Å². The van der Waals surface area contributed by atoms with Crippen molar-refractivity contribution in [3.05, 3.63) is 47.5 Å². The Balaban J connectivity index is 1.86. The molecule has 3 nitrogen and oxygen atoms in total. The van der Waals surface area contributed by atoms with Crippen LogP contribution in [0.2, 0.25) is 0 Å². The molecule has 0 aliphatic heterocycles. The third kappa shape index (κ3) is 4.09. The molecule has 0 saturated carbocycles. The second-order valence-electron chi connectivity index (χ2n) is 7.35. The number of rotatable bonds is 8. The molecule has 3 rings (SSSR count). The van der Waals surface area contributed by atoms with Gasteiger partial charge < -0.3 is 9.47 Å². The van der Waals surface area contributed by atoms with Crippen LogP contribution in [0.15, 0.2) is 36.4 Å². The van der Waals surface area contributed by atoms with Crippen molar-refractivity contribution in [2.24, 2.45) is 5.92 Å². The van der Waals surface area contributed by atoms with Crippen molar-refractivity contribution in [3.63, 3.8) is 0 Å². The molecule has 0 amide bonds. The van der Waals surface area contributed by atoms with Crippen LogP contribution in [-0.2, 0) is 9.53 Å². The number of hydrogen-bond donors (Lipinski definition) is 0. The second kappa shape index (κ2) is 8.39. The number of ether oxygens (including phenoxy) is 2. The predicted octanol–water partition coefficient (Wildman–Crippen LogP) is 6.07. The van der Waals surface area contributed by atoms with E-state index in [0.29, 0.717) is 18.9 Å². The SMILES string of the molecule is CCCCCC(=O)OC1C=Cc2c(OCC(C)C)ccc3cccc1c23. The van der Waals surface area contributed by atoms with Crippen LogP contribution in [0, 0.1) is 5.92 Å². The van der Waals surface area contributed by atoms with E-state index in [1.54, 1.807) is 0 Å². The largest absolute Gasteiger partial charge is 0.493 e. The molecular weight excluding hydrogens is 324 g/mol. The lowest BCUT2D eigenvalue weighted by molar-refractivity contribution is -0.147. The number of hydrogen-bond acceptors (Lipinski definition) is 3. The normalized spacial score (nSPS) is 15.5. The highest BCUT2D eigenvalue weighted by atomic mass is 16.5. The van der Waals surface area contributed by atoms with Gasteiger partial charge in [0.05, 0.1) is 6.61 Å². The average molecular weight is 352 g/mol. The number of benzene rings is 2. The van der Waals surface area contributed by atoms with Crippen molar-refractivity contribution >= 4 is 22.8 Å². The molecular formula is C23H28O3. The molecule has 1 aliphatic carbocycles. The summed E-state index contributed by atoms with van der Waals surface area (Å²) in [5.74, 6) is 1.24. The first-order valence-corrected chi connectivity index (χ1v) is 9.66. The lowest BCUT2D eigenvalue weighted by Gasteiger charge is -2.23. The zero-order valence-corrected chi connectivity index (χ0v) is 16.0. The smallest absolute Gasteiger partial charge is 0.306 e. The van der Waals surface area contributed by atoms with Gasteiger partial charge in [0, 0.05) is 17.5 Å². The fourth-order valence-electron chi connectivity index (χ4n) is 3.31. The molecule has 2 aromatic carbocycles. The summed E-state index contributed by atoms with van der Waals surface area (Å²) >= 11 is 0. The standard InChI is InChI=1S/C23H28O3/c1-4-5-6-10-22(24)26-21-14-12-19-20(25-15-16(2)3)13-11-17-8-7-9-18(21)23(17)19/h7-9,11-14,16,21H,4-6,10,15H2,1-3H3. The highest BCUT2D eigenvalue weighted by Gasteiger charge is 2.23. The van der Waals surface area contributed by atoms with E-state index in [0.717, 1.165) is 46.9 Å². The van der Waals surface area contributed by atoms with Crippen molar-refractivity contribution in [1.82, 2.24) is 0 Å². The highest BCUT2D eigenvalue weighted by Crippen LogP contribution is 2.40. The molecule has 0 N–H and O–H groups in total. The van der Waals surface area contributed by atoms with Crippen molar-refractivity contribution in [2.75, 3.05) is 6.61 Å². The molecule has 0 fully saturated rings. The molecule has 3 heteroatoms. The van der Waals surface area contributed by atoms with Gasteiger partial charge in [-0.3, -0.25) is 4.79 Å². The topological polar surface area (TPSA) is 35.5 Å². The first-order chi connectivity index (χ1) is 12.6. The summed E-state index contributed by atoms with van der Waals surface area (Å²) in [6, 6.07) is 10.3. The van der Waals surface area contributed by atoms with Gasteiger partial charge in [0.1, 0.15) is 11.9 Å². The third-order valence-electron chi connectivity index (χ3n) is 4.64. The van der Waals surface area contributed by atoms with Crippen LogP contribution < -0.4 is 4.74 Å². The highest BCUT2D eigenvalue weighted by molar-refractivity contribution is 5.97. The maximum atomic E-state index is 12.2. The van der Waals surface area contributed by atoms with Crippen LogP contribution in [0.3, 0.4) is 0 Å². The molecule has 0 saturated heterocycles. The maximum absolute atomic E-state index is 12.2. The summed E-state index contributed by atoms with van der Waals surface area (Å²) in [6.45, 7) is 7.10. The molecule has 0 spiro atoms. The van der Waals surface area contributed by atoms with Gasteiger partial charge in [0.15, 0.2) is 0 Å². The van der Waals surface area contributed by atoms with Crippen LogP contribution in [-0.4, -0.2) is 12.6 Å². The first-order valence-electron chi connectivity index (χ1n) is 9.66. The number of carbonyl (C=O) groups is 1. The maximum Gasteiger partial charge on any atom is 0.306 e. The molecule has 26 heavy (non-hydrogen) atoms. The summed E-state index contributed by atoms with van der Waals surface area (Å²) < 4.78 is 11.8. The van der Waals surface area contributed by atoms with Gasteiger partial charge >= 0.3 is 5.97 Å². The number of carbonyl (C=O) groups excluding carboxylic acids is 1. The third-order valence-corrected chi connectivity index (χ3v) is 4.64. The lowest BCUT2D eigenvalue weighted by atomic mass is 9.90. The van der Waals surface area contributed by atoms with E-state index >= 15 is 0 Å². The Morgan fingerprint density at radius 1 is 1.15 bits per heavy atom. The van der Waals surface area contributed by atoms with Crippen molar-refractivity contribution < 1.29 is 14.3 Å². The summed E-state index contributed by atoms with van der Waals surface area (Å²) in [4.78, 5) is 12.2. The molecule has 2 aromatic rings. The minimum Gasteiger partial charge on any atom is -0.493 e. The van der Waals surface area contributed by atoms with E-state index in [2.05, 4.69) is 32.9 Å².